The lowest BCUT2D eigenvalue weighted by molar-refractivity contribution is -0.144. The average molecular weight is 371 g/mol. The highest BCUT2D eigenvalue weighted by Crippen LogP contribution is 2.39. The zero-order valence-corrected chi connectivity index (χ0v) is 16.2. The molecule has 2 fully saturated rings. The van der Waals surface area contributed by atoms with Gasteiger partial charge in [-0.2, -0.15) is 0 Å². The van der Waals surface area contributed by atoms with Gasteiger partial charge in [-0.25, -0.2) is 0 Å². The van der Waals surface area contributed by atoms with Crippen LogP contribution in [0.2, 0.25) is 0 Å². The summed E-state index contributed by atoms with van der Waals surface area (Å²) in [5.74, 6) is -0.116. The molecule has 0 unspecified atom stereocenters. The van der Waals surface area contributed by atoms with Gasteiger partial charge in [0, 0.05) is 31.1 Å². The maximum absolute atomic E-state index is 12.8. The molecule has 0 aliphatic carbocycles. The molecular formula is C21H29N3O3. The van der Waals surface area contributed by atoms with Crippen LogP contribution in [0, 0.1) is 5.41 Å². The minimum absolute atomic E-state index is 0.0167. The van der Waals surface area contributed by atoms with E-state index in [0.717, 1.165) is 25.9 Å². The van der Waals surface area contributed by atoms with E-state index in [-0.39, 0.29) is 23.8 Å². The Labute approximate surface area is 160 Å². The van der Waals surface area contributed by atoms with Gasteiger partial charge in [0.2, 0.25) is 11.8 Å². The number of nitrogens with one attached hydrogen (secondary N) is 1. The van der Waals surface area contributed by atoms with Gasteiger partial charge in [-0.05, 0) is 37.8 Å². The van der Waals surface area contributed by atoms with Crippen LogP contribution >= 0.6 is 0 Å². The molecule has 6 nitrogen and oxygen atoms in total. The van der Waals surface area contributed by atoms with Crippen molar-refractivity contribution in [2.24, 2.45) is 5.41 Å². The largest absolute Gasteiger partial charge is 0.349 e. The predicted octanol–water partition coefficient (Wildman–Crippen LogP) is 2.40. The van der Waals surface area contributed by atoms with E-state index in [2.05, 4.69) is 10.2 Å². The molecule has 0 aromatic heterocycles. The van der Waals surface area contributed by atoms with Crippen LogP contribution in [-0.2, 0) is 9.59 Å². The molecule has 1 aromatic carbocycles. The minimum atomic E-state index is -0.501. The smallest absolute Gasteiger partial charge is 0.251 e. The second-order valence-electron chi connectivity index (χ2n) is 7.66. The molecule has 6 heteroatoms. The normalized spacial score (nSPS) is 20.9. The van der Waals surface area contributed by atoms with Crippen LogP contribution in [0.5, 0.6) is 0 Å². The maximum Gasteiger partial charge on any atom is 0.251 e. The Bertz CT molecular complexity index is 692. The number of likely N-dealkylation sites (tertiary alicyclic amines) is 2. The average Bonchev–Trinajstić information content (AvgIpc) is 2.94. The van der Waals surface area contributed by atoms with Crippen molar-refractivity contribution in [3.63, 3.8) is 0 Å². The van der Waals surface area contributed by atoms with Crippen LogP contribution in [0.15, 0.2) is 30.3 Å². The van der Waals surface area contributed by atoms with E-state index in [1.807, 2.05) is 44.2 Å². The highest BCUT2D eigenvalue weighted by atomic mass is 16.2. The molecule has 3 rings (SSSR count). The maximum atomic E-state index is 12.8. The predicted molar refractivity (Wildman–Crippen MR) is 103 cm³/mol. The quantitative estimate of drug-likeness (QED) is 0.780. The van der Waals surface area contributed by atoms with Gasteiger partial charge in [-0.3, -0.25) is 24.2 Å². The molecule has 0 bridgehead atoms. The van der Waals surface area contributed by atoms with Crippen LogP contribution in [-0.4, -0.2) is 53.3 Å². The number of benzene rings is 1. The molecule has 2 aliphatic rings. The Morgan fingerprint density at radius 1 is 1.11 bits per heavy atom. The second-order valence-corrected chi connectivity index (χ2v) is 7.66. The van der Waals surface area contributed by atoms with Crippen molar-refractivity contribution in [3.8, 4) is 0 Å². The number of nitrogens with zero attached hydrogens (tertiary/aromatic N) is 2. The van der Waals surface area contributed by atoms with Crippen LogP contribution in [0.1, 0.15) is 56.3 Å². The van der Waals surface area contributed by atoms with Crippen molar-refractivity contribution < 1.29 is 14.4 Å². The summed E-state index contributed by atoms with van der Waals surface area (Å²) < 4.78 is 0. The van der Waals surface area contributed by atoms with E-state index in [1.165, 1.54) is 4.90 Å². The van der Waals surface area contributed by atoms with Crippen molar-refractivity contribution in [1.82, 2.24) is 15.1 Å². The number of hydrogen-bond donors (Lipinski definition) is 1. The Morgan fingerprint density at radius 3 is 2.30 bits per heavy atom. The fourth-order valence-corrected chi connectivity index (χ4v) is 4.08. The Morgan fingerprint density at radius 2 is 1.74 bits per heavy atom. The Kier molecular flexibility index (Phi) is 5.95. The van der Waals surface area contributed by atoms with Gasteiger partial charge in [0.15, 0.2) is 0 Å². The first-order valence-electron chi connectivity index (χ1n) is 9.92. The van der Waals surface area contributed by atoms with E-state index >= 15 is 0 Å². The summed E-state index contributed by atoms with van der Waals surface area (Å²) in [5, 5.41) is 3.09. The van der Waals surface area contributed by atoms with Crippen molar-refractivity contribution >= 4 is 17.7 Å². The second kappa shape index (κ2) is 8.21. The number of rotatable bonds is 6. The number of hydrogen-bond acceptors (Lipinski definition) is 4. The summed E-state index contributed by atoms with van der Waals surface area (Å²) in [4.78, 5) is 41.0. The molecule has 146 valence electrons. The van der Waals surface area contributed by atoms with Gasteiger partial charge in [0.25, 0.3) is 5.91 Å². The van der Waals surface area contributed by atoms with Crippen molar-refractivity contribution in [3.05, 3.63) is 35.9 Å². The zero-order valence-electron chi connectivity index (χ0n) is 16.2. The first-order chi connectivity index (χ1) is 13.0. The standard InChI is InChI=1S/C21H29N3O3/c1-3-21(4-2)14-18(25)24(20(21)27)15-23-12-10-17(11-13-23)22-19(26)16-8-6-5-7-9-16/h5-9,17H,3-4,10-15H2,1-2H3,(H,22,26). The van der Waals surface area contributed by atoms with Gasteiger partial charge < -0.3 is 5.32 Å². The summed E-state index contributed by atoms with van der Waals surface area (Å²) in [6, 6.07) is 9.35. The molecule has 2 saturated heterocycles. The molecule has 1 N–H and O–H groups in total. The summed E-state index contributed by atoms with van der Waals surface area (Å²) in [5.41, 5.74) is 0.169. The van der Waals surface area contributed by atoms with Gasteiger partial charge >= 0.3 is 0 Å². The van der Waals surface area contributed by atoms with Gasteiger partial charge in [-0.15, -0.1) is 0 Å². The Balaban J connectivity index is 1.51. The van der Waals surface area contributed by atoms with Crippen LogP contribution < -0.4 is 5.32 Å². The highest BCUT2D eigenvalue weighted by molar-refractivity contribution is 6.05. The summed E-state index contributed by atoms with van der Waals surface area (Å²) in [7, 11) is 0. The summed E-state index contributed by atoms with van der Waals surface area (Å²) >= 11 is 0. The number of carbonyl (C=O) groups excluding carboxylic acids is 3. The zero-order chi connectivity index (χ0) is 19.4. The topological polar surface area (TPSA) is 69.7 Å². The van der Waals surface area contributed by atoms with E-state index in [9.17, 15) is 14.4 Å². The Hall–Kier alpha value is -2.21. The molecule has 2 heterocycles. The van der Waals surface area contributed by atoms with Crippen LogP contribution in [0.3, 0.4) is 0 Å². The third-order valence-electron chi connectivity index (χ3n) is 6.14. The third kappa shape index (κ3) is 4.05. The van der Waals surface area contributed by atoms with E-state index < -0.39 is 5.41 Å². The molecule has 0 radical (unpaired) electrons. The van der Waals surface area contributed by atoms with Gasteiger partial charge in [0.1, 0.15) is 0 Å². The van der Waals surface area contributed by atoms with Crippen molar-refractivity contribution in [2.75, 3.05) is 19.8 Å². The lowest BCUT2D eigenvalue weighted by Crippen LogP contribution is -2.49. The molecule has 3 amide bonds. The first kappa shape index (κ1) is 19.5. The molecule has 1 aromatic rings. The van der Waals surface area contributed by atoms with Crippen LogP contribution in [0.4, 0.5) is 0 Å². The summed E-state index contributed by atoms with van der Waals surface area (Å²) in [6.45, 7) is 5.88. The molecule has 0 atom stereocenters. The van der Waals surface area contributed by atoms with Crippen molar-refractivity contribution in [2.45, 2.75) is 52.0 Å². The van der Waals surface area contributed by atoms with Gasteiger partial charge in [-0.1, -0.05) is 32.0 Å². The monoisotopic (exact) mass is 371 g/mol. The molecule has 27 heavy (non-hydrogen) atoms. The van der Waals surface area contributed by atoms with E-state index in [0.29, 0.717) is 31.5 Å². The number of amides is 3. The first-order valence-corrected chi connectivity index (χ1v) is 9.92. The molecule has 0 saturated carbocycles. The molecule has 2 aliphatic heterocycles. The fourth-order valence-electron chi connectivity index (χ4n) is 4.08. The third-order valence-corrected chi connectivity index (χ3v) is 6.14. The summed E-state index contributed by atoms with van der Waals surface area (Å²) in [6.07, 6.45) is 3.39. The SMILES string of the molecule is CCC1(CC)CC(=O)N(CN2CCC(NC(=O)c3ccccc3)CC2)C1=O. The molecule has 0 spiro atoms. The van der Waals surface area contributed by atoms with Crippen molar-refractivity contribution in [1.29, 1.82) is 0 Å². The van der Waals surface area contributed by atoms with E-state index in [4.69, 9.17) is 0 Å². The number of imide groups is 1. The molecular weight excluding hydrogens is 342 g/mol. The van der Waals surface area contributed by atoms with Crippen LogP contribution in [0.25, 0.3) is 0 Å². The highest BCUT2D eigenvalue weighted by Gasteiger charge is 2.49. The number of piperidine rings is 1. The number of carbonyl (C=O) groups is 3. The minimum Gasteiger partial charge on any atom is -0.349 e. The lowest BCUT2D eigenvalue weighted by atomic mass is 9.81. The van der Waals surface area contributed by atoms with Gasteiger partial charge in [0.05, 0.1) is 12.1 Å². The lowest BCUT2D eigenvalue weighted by Gasteiger charge is -2.34. The fraction of sp³-hybridized carbons (Fsp3) is 0.571. The van der Waals surface area contributed by atoms with E-state index in [1.54, 1.807) is 0 Å².